The van der Waals surface area contributed by atoms with Crippen LogP contribution in [0.25, 0.3) is 0 Å². The molecule has 1 aliphatic heterocycles. The van der Waals surface area contributed by atoms with Crippen LogP contribution in [0.4, 0.5) is 0 Å². The molecule has 0 radical (unpaired) electrons. The van der Waals surface area contributed by atoms with E-state index in [1.807, 2.05) is 13.8 Å². The summed E-state index contributed by atoms with van der Waals surface area (Å²) in [6.07, 6.45) is 3.26. The van der Waals surface area contributed by atoms with Crippen molar-refractivity contribution in [1.29, 1.82) is 0 Å². The van der Waals surface area contributed by atoms with Gasteiger partial charge in [-0.15, -0.1) is 0 Å². The van der Waals surface area contributed by atoms with Crippen molar-refractivity contribution in [2.75, 3.05) is 0 Å². The van der Waals surface area contributed by atoms with Gasteiger partial charge in [0.05, 0.1) is 6.42 Å². The second kappa shape index (κ2) is 4.17. The molecular formula is C13H18O4. The lowest BCUT2D eigenvalue weighted by molar-refractivity contribution is -0.164. The number of cyclic esters (lactones) is 1. The number of aliphatic hydroxyl groups excluding tert-OH is 1. The molecule has 0 aromatic rings. The summed E-state index contributed by atoms with van der Waals surface area (Å²) in [6, 6.07) is 0. The van der Waals surface area contributed by atoms with Gasteiger partial charge < -0.3 is 9.84 Å². The Morgan fingerprint density at radius 2 is 2.12 bits per heavy atom. The van der Waals surface area contributed by atoms with E-state index in [9.17, 15) is 14.7 Å². The van der Waals surface area contributed by atoms with Gasteiger partial charge in [-0.1, -0.05) is 6.92 Å². The average molecular weight is 238 g/mol. The molecule has 0 aromatic heterocycles. The molecular weight excluding hydrogens is 220 g/mol. The van der Waals surface area contributed by atoms with Gasteiger partial charge in [-0.05, 0) is 32.1 Å². The smallest absolute Gasteiger partial charge is 0.345 e. The average Bonchev–Trinajstić information content (AvgIpc) is 2.98. The van der Waals surface area contributed by atoms with E-state index in [0.29, 0.717) is 18.8 Å². The van der Waals surface area contributed by atoms with E-state index < -0.39 is 11.6 Å². The van der Waals surface area contributed by atoms with Crippen molar-refractivity contribution >= 4 is 11.8 Å². The first kappa shape index (κ1) is 12.1. The number of carbonyl (C=O) groups excluding carboxylic acids is 2. The summed E-state index contributed by atoms with van der Waals surface area (Å²) in [7, 11) is 0. The van der Waals surface area contributed by atoms with E-state index in [-0.39, 0.29) is 23.5 Å². The van der Waals surface area contributed by atoms with Crippen molar-refractivity contribution in [1.82, 2.24) is 0 Å². The van der Waals surface area contributed by atoms with Crippen molar-refractivity contribution in [3.8, 4) is 0 Å². The van der Waals surface area contributed by atoms with Crippen molar-refractivity contribution in [2.24, 2.45) is 5.92 Å². The lowest BCUT2D eigenvalue weighted by Gasteiger charge is -2.33. The fraction of sp³-hybridized carbons (Fsp3) is 0.692. The molecule has 1 N–H and O–H groups in total. The summed E-state index contributed by atoms with van der Waals surface area (Å²) < 4.78 is 5.37. The van der Waals surface area contributed by atoms with Crippen molar-refractivity contribution < 1.29 is 19.4 Å². The quantitative estimate of drug-likeness (QED) is 0.354. The number of aliphatic hydroxyl groups is 1. The third-order valence-electron chi connectivity index (χ3n) is 3.54. The minimum Gasteiger partial charge on any atom is -0.511 e. The monoisotopic (exact) mass is 238 g/mol. The Labute approximate surface area is 101 Å². The van der Waals surface area contributed by atoms with E-state index >= 15 is 0 Å². The number of ketones is 1. The summed E-state index contributed by atoms with van der Waals surface area (Å²) in [5.41, 5.74) is -0.783. The fourth-order valence-corrected chi connectivity index (χ4v) is 2.38. The highest BCUT2D eigenvalue weighted by Crippen LogP contribution is 2.46. The van der Waals surface area contributed by atoms with Crippen LogP contribution in [0.5, 0.6) is 0 Å². The van der Waals surface area contributed by atoms with Crippen LogP contribution in [-0.2, 0) is 14.3 Å². The molecule has 94 valence electrons. The standard InChI is InChI=1S/C13H18O4/c1-3-4-9(14)11-10(15)7-13(2,8-5-6-8)17-12(11)16/h8,14H,3-7H2,1-2H3/b11-9+. The molecule has 1 saturated heterocycles. The predicted molar refractivity (Wildman–Crippen MR) is 61.4 cm³/mol. The second-order valence-electron chi connectivity index (χ2n) is 5.15. The SMILES string of the molecule is CCC/C(O)=C1/C(=O)CC(C)(C2CC2)OC1=O. The van der Waals surface area contributed by atoms with Gasteiger partial charge in [0.2, 0.25) is 0 Å². The molecule has 1 heterocycles. The maximum absolute atomic E-state index is 12.0. The maximum atomic E-state index is 12.0. The third kappa shape index (κ3) is 2.21. The highest BCUT2D eigenvalue weighted by Gasteiger charge is 2.50. The zero-order valence-corrected chi connectivity index (χ0v) is 10.3. The summed E-state index contributed by atoms with van der Waals surface area (Å²) in [5, 5.41) is 9.70. The van der Waals surface area contributed by atoms with Gasteiger partial charge in [-0.25, -0.2) is 4.79 Å². The highest BCUT2D eigenvalue weighted by atomic mass is 16.6. The van der Waals surface area contributed by atoms with Crippen molar-refractivity contribution in [3.63, 3.8) is 0 Å². The Bertz CT molecular complexity index is 370. The molecule has 2 fully saturated rings. The van der Waals surface area contributed by atoms with Gasteiger partial charge in [0, 0.05) is 6.42 Å². The van der Waals surface area contributed by atoms with Crippen molar-refractivity contribution in [2.45, 2.75) is 51.6 Å². The van der Waals surface area contributed by atoms with E-state index in [1.165, 1.54) is 0 Å². The Morgan fingerprint density at radius 1 is 1.47 bits per heavy atom. The molecule has 4 heteroatoms. The van der Waals surface area contributed by atoms with Crippen LogP contribution in [0, 0.1) is 5.92 Å². The van der Waals surface area contributed by atoms with Gasteiger partial charge in [0.15, 0.2) is 5.78 Å². The van der Waals surface area contributed by atoms with Crippen LogP contribution in [0.2, 0.25) is 0 Å². The lowest BCUT2D eigenvalue weighted by Crippen LogP contribution is -2.43. The highest BCUT2D eigenvalue weighted by molar-refractivity contribution is 6.19. The van der Waals surface area contributed by atoms with E-state index in [4.69, 9.17) is 4.74 Å². The van der Waals surface area contributed by atoms with E-state index in [2.05, 4.69) is 0 Å². The number of hydrogen-bond acceptors (Lipinski definition) is 4. The van der Waals surface area contributed by atoms with Crippen LogP contribution in [0.1, 0.15) is 46.0 Å². The zero-order chi connectivity index (χ0) is 12.6. The fourth-order valence-electron chi connectivity index (χ4n) is 2.38. The molecule has 2 rings (SSSR count). The third-order valence-corrected chi connectivity index (χ3v) is 3.54. The number of carbonyl (C=O) groups is 2. The van der Waals surface area contributed by atoms with Crippen LogP contribution in [-0.4, -0.2) is 22.5 Å². The molecule has 0 aromatic carbocycles. The molecule has 2 aliphatic rings. The van der Waals surface area contributed by atoms with Gasteiger partial charge in [-0.2, -0.15) is 0 Å². The summed E-state index contributed by atoms with van der Waals surface area (Å²) in [6.45, 7) is 3.69. The van der Waals surface area contributed by atoms with Gasteiger partial charge in [-0.3, -0.25) is 4.79 Å². The molecule has 17 heavy (non-hydrogen) atoms. The Kier molecular flexibility index (Phi) is 2.98. The largest absolute Gasteiger partial charge is 0.511 e. The minimum atomic E-state index is -0.651. The van der Waals surface area contributed by atoms with Crippen molar-refractivity contribution in [3.05, 3.63) is 11.3 Å². The first-order valence-electron chi connectivity index (χ1n) is 6.16. The van der Waals surface area contributed by atoms with E-state index in [1.54, 1.807) is 0 Å². The number of esters is 1. The van der Waals surface area contributed by atoms with Crippen LogP contribution >= 0.6 is 0 Å². The molecule has 1 aliphatic carbocycles. The summed E-state index contributed by atoms with van der Waals surface area (Å²) in [4.78, 5) is 23.8. The molecule has 1 unspecified atom stereocenters. The first-order chi connectivity index (χ1) is 7.98. The topological polar surface area (TPSA) is 63.6 Å². The Hall–Kier alpha value is -1.32. The van der Waals surface area contributed by atoms with Crippen LogP contribution < -0.4 is 0 Å². The second-order valence-corrected chi connectivity index (χ2v) is 5.15. The number of rotatable bonds is 3. The van der Waals surface area contributed by atoms with Gasteiger partial charge in [0.25, 0.3) is 0 Å². The molecule has 1 saturated carbocycles. The first-order valence-corrected chi connectivity index (χ1v) is 6.16. The Morgan fingerprint density at radius 3 is 2.59 bits per heavy atom. The molecule has 0 amide bonds. The van der Waals surface area contributed by atoms with Gasteiger partial charge in [0.1, 0.15) is 16.9 Å². The normalized spacial score (nSPS) is 32.4. The lowest BCUT2D eigenvalue weighted by atomic mass is 9.87. The van der Waals surface area contributed by atoms with E-state index in [0.717, 1.165) is 12.8 Å². The molecule has 0 bridgehead atoms. The summed E-state index contributed by atoms with van der Waals surface area (Å²) in [5.74, 6) is -0.742. The Balaban J connectivity index is 2.22. The van der Waals surface area contributed by atoms with Gasteiger partial charge >= 0.3 is 5.97 Å². The number of allylic oxidation sites excluding steroid dienone is 1. The number of ether oxygens (including phenoxy) is 1. The minimum absolute atomic E-state index is 0.125. The van der Waals surface area contributed by atoms with Crippen LogP contribution in [0.15, 0.2) is 11.3 Å². The molecule has 0 spiro atoms. The number of hydrogen-bond donors (Lipinski definition) is 1. The number of Topliss-reactive ketones (excluding diaryl/α,β-unsaturated/α-hetero) is 1. The van der Waals surface area contributed by atoms with Crippen LogP contribution in [0.3, 0.4) is 0 Å². The summed E-state index contributed by atoms with van der Waals surface area (Å²) >= 11 is 0. The zero-order valence-electron chi connectivity index (χ0n) is 10.3. The predicted octanol–water partition coefficient (Wildman–Crippen LogP) is 2.28. The molecule has 1 atom stereocenters. The maximum Gasteiger partial charge on any atom is 0.345 e. The molecule has 4 nitrogen and oxygen atoms in total.